The van der Waals surface area contributed by atoms with Gasteiger partial charge in [0.1, 0.15) is 11.6 Å². The first-order valence-corrected chi connectivity index (χ1v) is 8.23. The molecule has 0 radical (unpaired) electrons. The van der Waals surface area contributed by atoms with E-state index in [1.54, 1.807) is 11.8 Å². The molecule has 0 spiro atoms. The van der Waals surface area contributed by atoms with Crippen LogP contribution in [0.5, 0.6) is 0 Å². The van der Waals surface area contributed by atoms with Gasteiger partial charge in [-0.3, -0.25) is 14.9 Å². The number of hydrogen-bond acceptors (Lipinski definition) is 4. The third-order valence-corrected chi connectivity index (χ3v) is 4.53. The lowest BCUT2D eigenvalue weighted by Crippen LogP contribution is -2.54. The van der Waals surface area contributed by atoms with Crippen LogP contribution >= 0.6 is 0 Å². The van der Waals surface area contributed by atoms with Crippen molar-refractivity contribution in [2.24, 2.45) is 0 Å². The molecule has 2 aromatic carbocycles. The van der Waals surface area contributed by atoms with Crippen LogP contribution in [-0.2, 0) is 0 Å². The lowest BCUT2D eigenvalue weighted by atomic mass is 10.1. The number of carbonyl (C=O) groups excluding carboxylic acids is 1. The van der Waals surface area contributed by atoms with Crippen LogP contribution in [0.2, 0.25) is 0 Å². The molecule has 9 heteroatoms. The first-order chi connectivity index (χ1) is 12.8. The highest BCUT2D eigenvalue weighted by Gasteiger charge is 2.30. The van der Waals surface area contributed by atoms with E-state index in [9.17, 15) is 28.1 Å². The van der Waals surface area contributed by atoms with Gasteiger partial charge >= 0.3 is 0 Å². The zero-order chi connectivity index (χ0) is 19.7. The average Bonchev–Trinajstić information content (AvgIpc) is 2.61. The number of hydrogen-bond donors (Lipinski definition) is 0. The Morgan fingerprint density at radius 2 is 1.85 bits per heavy atom. The van der Waals surface area contributed by atoms with Crippen molar-refractivity contribution in [1.82, 2.24) is 4.90 Å². The van der Waals surface area contributed by atoms with Gasteiger partial charge in [0, 0.05) is 37.8 Å². The zero-order valence-electron chi connectivity index (χ0n) is 14.4. The Hall–Kier alpha value is -3.10. The minimum atomic E-state index is -0.934. The molecule has 3 rings (SSSR count). The molecule has 6 nitrogen and oxygen atoms in total. The molecule has 1 aliphatic heterocycles. The second kappa shape index (κ2) is 7.26. The monoisotopic (exact) mass is 379 g/mol. The van der Waals surface area contributed by atoms with Crippen LogP contribution in [0.1, 0.15) is 17.3 Å². The van der Waals surface area contributed by atoms with Gasteiger partial charge in [-0.2, -0.15) is 0 Å². The summed E-state index contributed by atoms with van der Waals surface area (Å²) in [4.78, 5) is 25.7. The molecule has 0 aromatic heterocycles. The van der Waals surface area contributed by atoms with Gasteiger partial charge in [0.2, 0.25) is 0 Å². The zero-order valence-corrected chi connectivity index (χ0v) is 14.4. The van der Waals surface area contributed by atoms with Crippen molar-refractivity contribution in [2.75, 3.05) is 24.5 Å². The second-order valence-electron chi connectivity index (χ2n) is 6.31. The van der Waals surface area contributed by atoms with E-state index in [1.165, 1.54) is 17.0 Å². The Bertz CT molecular complexity index is 907. The molecule has 1 saturated heterocycles. The molecule has 1 amide bonds. The summed E-state index contributed by atoms with van der Waals surface area (Å²) in [7, 11) is 0. The summed E-state index contributed by atoms with van der Waals surface area (Å²) in [5.41, 5.74) is -0.365. The third-order valence-electron chi connectivity index (χ3n) is 4.53. The molecule has 142 valence electrons. The van der Waals surface area contributed by atoms with Gasteiger partial charge in [-0.05, 0) is 25.1 Å². The summed E-state index contributed by atoms with van der Waals surface area (Å²) in [5, 5.41) is 10.7. The van der Waals surface area contributed by atoms with Crippen LogP contribution in [0.15, 0.2) is 36.4 Å². The molecular formula is C18H16F3N3O3. The molecule has 1 aliphatic rings. The lowest BCUT2D eigenvalue weighted by Gasteiger charge is -2.41. The molecule has 27 heavy (non-hydrogen) atoms. The first-order valence-electron chi connectivity index (χ1n) is 8.23. The summed E-state index contributed by atoms with van der Waals surface area (Å²) in [5.74, 6) is -2.99. The number of piperazine rings is 1. The highest BCUT2D eigenvalue weighted by atomic mass is 19.1. The maximum absolute atomic E-state index is 14.2. The number of halogens is 3. The summed E-state index contributed by atoms with van der Waals surface area (Å²) in [6.07, 6.45) is 0. The average molecular weight is 379 g/mol. The van der Waals surface area contributed by atoms with E-state index in [1.807, 2.05) is 0 Å². The third kappa shape index (κ3) is 3.71. The van der Waals surface area contributed by atoms with E-state index in [0.29, 0.717) is 6.07 Å². The Balaban J connectivity index is 1.76. The smallest absolute Gasteiger partial charge is 0.272 e. The van der Waals surface area contributed by atoms with Gasteiger partial charge in [-0.25, -0.2) is 13.2 Å². The summed E-state index contributed by atoms with van der Waals surface area (Å²) in [6.45, 7) is 2.47. The number of nitrogens with zero attached hydrogens (tertiary/aromatic N) is 3. The number of nitro benzene ring substituents is 1. The number of anilines is 1. The van der Waals surface area contributed by atoms with Gasteiger partial charge in [0.15, 0.2) is 5.82 Å². The van der Waals surface area contributed by atoms with Crippen molar-refractivity contribution in [3.63, 3.8) is 0 Å². The van der Waals surface area contributed by atoms with Gasteiger partial charge < -0.3 is 9.80 Å². The largest absolute Gasteiger partial charge is 0.365 e. The predicted molar refractivity (Wildman–Crippen MR) is 92.1 cm³/mol. The van der Waals surface area contributed by atoms with E-state index in [0.717, 1.165) is 18.2 Å². The lowest BCUT2D eigenvalue weighted by molar-refractivity contribution is -0.385. The highest BCUT2D eigenvalue weighted by Crippen LogP contribution is 2.27. The predicted octanol–water partition coefficient (Wildman–Crippen LogP) is 3.36. The molecule has 0 bridgehead atoms. The van der Waals surface area contributed by atoms with Gasteiger partial charge in [0.05, 0.1) is 22.2 Å². The Morgan fingerprint density at radius 1 is 1.11 bits per heavy atom. The Labute approximate surface area is 153 Å². The number of benzene rings is 2. The Kier molecular flexibility index (Phi) is 5.02. The number of carbonyl (C=O) groups is 1. The fourth-order valence-corrected chi connectivity index (χ4v) is 3.16. The maximum atomic E-state index is 14.2. The summed E-state index contributed by atoms with van der Waals surface area (Å²) in [6, 6.07) is 5.80. The van der Waals surface area contributed by atoms with E-state index < -0.39 is 28.3 Å². The SMILES string of the molecule is C[C@@H]1CN(c2ccc([N+](=O)[O-])cc2F)CCN1C(=O)c1ccc(F)cc1F. The van der Waals surface area contributed by atoms with Crippen molar-refractivity contribution in [3.05, 3.63) is 69.5 Å². The number of amides is 1. The molecule has 0 N–H and O–H groups in total. The molecule has 1 heterocycles. The summed E-state index contributed by atoms with van der Waals surface area (Å²) >= 11 is 0. The maximum Gasteiger partial charge on any atom is 0.272 e. The summed E-state index contributed by atoms with van der Waals surface area (Å²) < 4.78 is 41.1. The van der Waals surface area contributed by atoms with Crippen LogP contribution in [0.3, 0.4) is 0 Å². The van der Waals surface area contributed by atoms with Gasteiger partial charge in [-0.1, -0.05) is 0 Å². The fourth-order valence-electron chi connectivity index (χ4n) is 3.16. The van der Waals surface area contributed by atoms with E-state index in [-0.39, 0.29) is 42.6 Å². The first kappa shape index (κ1) is 18.7. The fraction of sp³-hybridized carbons (Fsp3) is 0.278. The van der Waals surface area contributed by atoms with Crippen molar-refractivity contribution < 1.29 is 22.9 Å². The second-order valence-corrected chi connectivity index (χ2v) is 6.31. The quantitative estimate of drug-likeness (QED) is 0.606. The normalized spacial score (nSPS) is 17.1. The van der Waals surface area contributed by atoms with Crippen LogP contribution in [0.25, 0.3) is 0 Å². The minimum absolute atomic E-state index is 0.201. The van der Waals surface area contributed by atoms with E-state index in [2.05, 4.69) is 0 Å². The van der Waals surface area contributed by atoms with E-state index >= 15 is 0 Å². The van der Waals surface area contributed by atoms with Gasteiger partial charge in [0.25, 0.3) is 11.6 Å². The van der Waals surface area contributed by atoms with Crippen molar-refractivity contribution in [3.8, 4) is 0 Å². The number of nitro groups is 1. The number of non-ortho nitro benzene ring substituents is 1. The molecule has 0 saturated carbocycles. The molecule has 0 unspecified atom stereocenters. The van der Waals surface area contributed by atoms with Gasteiger partial charge in [-0.15, -0.1) is 0 Å². The molecule has 1 atom stereocenters. The molecule has 2 aromatic rings. The molecular weight excluding hydrogens is 363 g/mol. The topological polar surface area (TPSA) is 66.7 Å². The van der Waals surface area contributed by atoms with Crippen LogP contribution < -0.4 is 4.90 Å². The minimum Gasteiger partial charge on any atom is -0.365 e. The van der Waals surface area contributed by atoms with Crippen molar-refractivity contribution in [2.45, 2.75) is 13.0 Å². The highest BCUT2D eigenvalue weighted by molar-refractivity contribution is 5.94. The van der Waals surface area contributed by atoms with Crippen LogP contribution in [0, 0.1) is 27.6 Å². The molecule has 0 aliphatic carbocycles. The number of rotatable bonds is 3. The molecule has 1 fully saturated rings. The standard InChI is InChI=1S/C18H16F3N3O3/c1-11-10-22(17-5-3-13(24(26)27)9-16(17)21)6-7-23(11)18(25)14-4-2-12(19)8-15(14)20/h2-5,8-9,11H,6-7,10H2,1H3/t11-/m1/s1. The van der Waals surface area contributed by atoms with Crippen molar-refractivity contribution >= 4 is 17.3 Å². The van der Waals surface area contributed by atoms with Crippen LogP contribution in [0.4, 0.5) is 24.5 Å². The van der Waals surface area contributed by atoms with Crippen molar-refractivity contribution in [1.29, 1.82) is 0 Å². The van der Waals surface area contributed by atoms with Crippen LogP contribution in [-0.4, -0.2) is 41.4 Å². The Morgan fingerprint density at radius 3 is 2.44 bits per heavy atom. The van der Waals surface area contributed by atoms with E-state index in [4.69, 9.17) is 0 Å².